The quantitative estimate of drug-likeness (QED) is 0.838. The van der Waals surface area contributed by atoms with Gasteiger partial charge in [-0.2, -0.15) is 0 Å². The van der Waals surface area contributed by atoms with Gasteiger partial charge in [-0.25, -0.2) is 9.78 Å². The zero-order chi connectivity index (χ0) is 12.8. The first-order valence-corrected chi connectivity index (χ1v) is 5.58. The number of nitrogens with zero attached hydrogens (tertiary/aromatic N) is 2. The summed E-state index contributed by atoms with van der Waals surface area (Å²) in [5, 5.41) is 11.9. The molecule has 5 nitrogen and oxygen atoms in total. The lowest BCUT2D eigenvalue weighted by molar-refractivity contribution is 0.0696. The number of hydrogen-bond donors (Lipinski definition) is 2. The van der Waals surface area contributed by atoms with Gasteiger partial charge in [-0.05, 0) is 30.2 Å². The zero-order valence-electron chi connectivity index (χ0n) is 9.71. The number of carbonyl (C=O) groups is 1. The van der Waals surface area contributed by atoms with Gasteiger partial charge in [-0.3, -0.25) is 4.98 Å². The molecule has 5 heteroatoms. The molecule has 0 amide bonds. The van der Waals surface area contributed by atoms with Crippen LogP contribution in [-0.2, 0) is 6.42 Å². The summed E-state index contributed by atoms with van der Waals surface area (Å²) in [4.78, 5) is 18.7. The van der Waals surface area contributed by atoms with E-state index in [4.69, 9.17) is 5.11 Å². The summed E-state index contributed by atoms with van der Waals surface area (Å²) >= 11 is 0. The first kappa shape index (κ1) is 12.0. The Labute approximate surface area is 105 Å². The summed E-state index contributed by atoms with van der Waals surface area (Å²) in [6, 6.07) is 7.10. The van der Waals surface area contributed by atoms with E-state index < -0.39 is 5.97 Å². The lowest BCUT2D eigenvalue weighted by atomic mass is 10.2. The minimum absolute atomic E-state index is 0.188. The molecule has 0 atom stereocenters. The topological polar surface area (TPSA) is 75.1 Å². The lowest BCUT2D eigenvalue weighted by Crippen LogP contribution is -2.07. The molecule has 0 spiro atoms. The molecule has 0 aliphatic rings. The third kappa shape index (κ3) is 3.28. The molecular formula is C13H13N3O2. The third-order valence-electron chi connectivity index (χ3n) is 2.45. The highest BCUT2D eigenvalue weighted by atomic mass is 16.4. The van der Waals surface area contributed by atoms with E-state index in [-0.39, 0.29) is 5.56 Å². The second-order valence-corrected chi connectivity index (χ2v) is 3.78. The standard InChI is InChI=1S/C13H13N3O2/c17-13(18)11-3-4-12(16-9-11)15-7-5-10-2-1-6-14-8-10/h1-4,6,8-9H,5,7H2,(H,15,16)(H,17,18). The molecule has 18 heavy (non-hydrogen) atoms. The van der Waals surface area contributed by atoms with Gasteiger partial charge < -0.3 is 10.4 Å². The van der Waals surface area contributed by atoms with Crippen LogP contribution in [0.4, 0.5) is 5.82 Å². The van der Waals surface area contributed by atoms with Gasteiger partial charge in [0.1, 0.15) is 5.82 Å². The van der Waals surface area contributed by atoms with Crippen molar-refractivity contribution in [1.82, 2.24) is 9.97 Å². The van der Waals surface area contributed by atoms with Gasteiger partial charge >= 0.3 is 5.97 Å². The smallest absolute Gasteiger partial charge is 0.337 e. The number of hydrogen-bond acceptors (Lipinski definition) is 4. The van der Waals surface area contributed by atoms with E-state index >= 15 is 0 Å². The van der Waals surface area contributed by atoms with Crippen LogP contribution in [0.5, 0.6) is 0 Å². The predicted octanol–water partition coefficient (Wildman–Crippen LogP) is 1.83. The van der Waals surface area contributed by atoms with Crippen molar-refractivity contribution in [2.24, 2.45) is 0 Å². The van der Waals surface area contributed by atoms with Crippen LogP contribution in [0.1, 0.15) is 15.9 Å². The Morgan fingerprint density at radius 2 is 2.17 bits per heavy atom. The highest BCUT2D eigenvalue weighted by Gasteiger charge is 2.02. The van der Waals surface area contributed by atoms with E-state index in [1.165, 1.54) is 12.3 Å². The van der Waals surface area contributed by atoms with E-state index in [0.29, 0.717) is 5.82 Å². The number of rotatable bonds is 5. The summed E-state index contributed by atoms with van der Waals surface area (Å²) < 4.78 is 0. The van der Waals surface area contributed by atoms with Crippen molar-refractivity contribution in [2.45, 2.75) is 6.42 Å². The highest BCUT2D eigenvalue weighted by molar-refractivity contribution is 5.87. The number of aromatic carboxylic acids is 1. The van der Waals surface area contributed by atoms with E-state index in [2.05, 4.69) is 15.3 Å². The van der Waals surface area contributed by atoms with Crippen molar-refractivity contribution in [3.8, 4) is 0 Å². The monoisotopic (exact) mass is 243 g/mol. The van der Waals surface area contributed by atoms with Crippen LogP contribution < -0.4 is 5.32 Å². The third-order valence-corrected chi connectivity index (χ3v) is 2.45. The zero-order valence-corrected chi connectivity index (χ0v) is 9.71. The van der Waals surface area contributed by atoms with E-state index in [1.54, 1.807) is 12.3 Å². The average molecular weight is 243 g/mol. The molecule has 0 aromatic carbocycles. The first-order chi connectivity index (χ1) is 8.75. The van der Waals surface area contributed by atoms with Gasteiger partial charge in [-0.15, -0.1) is 0 Å². The summed E-state index contributed by atoms with van der Waals surface area (Å²) in [7, 11) is 0. The molecule has 0 unspecified atom stereocenters. The highest BCUT2D eigenvalue weighted by Crippen LogP contribution is 2.05. The van der Waals surface area contributed by atoms with Crippen LogP contribution >= 0.6 is 0 Å². The molecule has 2 aromatic heterocycles. The minimum Gasteiger partial charge on any atom is -0.478 e. The van der Waals surface area contributed by atoms with E-state index in [1.807, 2.05) is 18.3 Å². The van der Waals surface area contributed by atoms with Gasteiger partial charge in [0.25, 0.3) is 0 Å². The number of carboxylic acids is 1. The summed E-state index contributed by atoms with van der Waals surface area (Å²) in [6.07, 6.45) is 5.75. The first-order valence-electron chi connectivity index (χ1n) is 5.58. The Balaban J connectivity index is 1.85. The molecule has 2 rings (SSSR count). The van der Waals surface area contributed by atoms with Gasteiger partial charge in [-0.1, -0.05) is 6.07 Å². The predicted molar refractivity (Wildman–Crippen MR) is 67.6 cm³/mol. The fraction of sp³-hybridized carbons (Fsp3) is 0.154. The van der Waals surface area contributed by atoms with Crippen LogP contribution in [0.15, 0.2) is 42.9 Å². The van der Waals surface area contributed by atoms with E-state index in [0.717, 1.165) is 18.5 Å². The summed E-state index contributed by atoms with van der Waals surface area (Å²) in [5.41, 5.74) is 1.33. The SMILES string of the molecule is O=C(O)c1ccc(NCCc2cccnc2)nc1. The second-order valence-electron chi connectivity index (χ2n) is 3.78. The molecule has 2 heterocycles. The molecule has 0 saturated carbocycles. The molecule has 2 aromatic rings. The lowest BCUT2D eigenvalue weighted by Gasteiger charge is -2.05. The van der Waals surface area contributed by atoms with Crippen LogP contribution in [-0.4, -0.2) is 27.6 Å². The molecular weight excluding hydrogens is 230 g/mol. The normalized spacial score (nSPS) is 10.0. The maximum Gasteiger partial charge on any atom is 0.337 e. The van der Waals surface area contributed by atoms with Gasteiger partial charge in [0, 0.05) is 25.1 Å². The van der Waals surface area contributed by atoms with Crippen LogP contribution in [0, 0.1) is 0 Å². The van der Waals surface area contributed by atoms with Crippen molar-refractivity contribution in [3.63, 3.8) is 0 Å². The fourth-order valence-corrected chi connectivity index (χ4v) is 1.51. The van der Waals surface area contributed by atoms with E-state index in [9.17, 15) is 4.79 Å². The molecule has 92 valence electrons. The number of carboxylic acid groups (broad SMARTS) is 1. The number of aromatic nitrogens is 2. The largest absolute Gasteiger partial charge is 0.478 e. The van der Waals surface area contributed by atoms with Gasteiger partial charge in [0.05, 0.1) is 5.56 Å². The molecule has 0 radical (unpaired) electrons. The Bertz CT molecular complexity index is 512. The maximum atomic E-state index is 10.6. The molecule has 2 N–H and O–H groups in total. The fourth-order valence-electron chi connectivity index (χ4n) is 1.51. The van der Waals surface area contributed by atoms with Crippen LogP contribution in [0.2, 0.25) is 0 Å². The van der Waals surface area contributed by atoms with Crippen LogP contribution in [0.25, 0.3) is 0 Å². The Morgan fingerprint density at radius 1 is 1.28 bits per heavy atom. The number of pyridine rings is 2. The van der Waals surface area contributed by atoms with Crippen molar-refractivity contribution in [3.05, 3.63) is 54.0 Å². The molecule has 0 fully saturated rings. The maximum absolute atomic E-state index is 10.6. The van der Waals surface area contributed by atoms with Crippen molar-refractivity contribution >= 4 is 11.8 Å². The van der Waals surface area contributed by atoms with Crippen LogP contribution in [0.3, 0.4) is 0 Å². The van der Waals surface area contributed by atoms with Gasteiger partial charge in [0.15, 0.2) is 0 Å². The Kier molecular flexibility index (Phi) is 3.86. The molecule has 0 aliphatic heterocycles. The Hall–Kier alpha value is -2.43. The molecule has 0 saturated heterocycles. The number of nitrogens with one attached hydrogen (secondary N) is 1. The summed E-state index contributed by atoms with van der Waals surface area (Å²) in [5.74, 6) is -0.298. The minimum atomic E-state index is -0.968. The molecule has 0 aliphatic carbocycles. The Morgan fingerprint density at radius 3 is 2.78 bits per heavy atom. The second kappa shape index (κ2) is 5.77. The summed E-state index contributed by atoms with van der Waals surface area (Å²) in [6.45, 7) is 0.727. The van der Waals surface area contributed by atoms with Crippen molar-refractivity contribution < 1.29 is 9.90 Å². The van der Waals surface area contributed by atoms with Gasteiger partial charge in [0.2, 0.25) is 0 Å². The van der Waals surface area contributed by atoms with Crippen molar-refractivity contribution in [1.29, 1.82) is 0 Å². The molecule has 0 bridgehead atoms. The number of anilines is 1. The van der Waals surface area contributed by atoms with Crippen molar-refractivity contribution in [2.75, 3.05) is 11.9 Å². The average Bonchev–Trinajstić information content (AvgIpc) is 2.40.